The summed E-state index contributed by atoms with van der Waals surface area (Å²) >= 11 is 0. The molecular weight excluding hydrogens is 172 g/mol. The monoisotopic (exact) mass is 190 g/mol. The molecular formula is C8H18N2O3. The first kappa shape index (κ1) is 12.2. The summed E-state index contributed by atoms with van der Waals surface area (Å²) in [6, 6.07) is 0.335. The molecule has 0 spiro atoms. The first-order valence-corrected chi connectivity index (χ1v) is 4.29. The zero-order valence-electron chi connectivity index (χ0n) is 8.32. The van der Waals surface area contributed by atoms with Crippen LogP contribution in [0.2, 0.25) is 0 Å². The quantitative estimate of drug-likeness (QED) is 0.250. The van der Waals surface area contributed by atoms with Crippen molar-refractivity contribution in [2.45, 2.75) is 32.9 Å². The Morgan fingerprint density at radius 1 is 1.54 bits per heavy atom. The van der Waals surface area contributed by atoms with Gasteiger partial charge in [0, 0.05) is 19.5 Å². The van der Waals surface area contributed by atoms with Crippen LogP contribution in [-0.2, 0) is 4.74 Å². The van der Waals surface area contributed by atoms with Crippen LogP contribution in [-0.4, -0.2) is 41.5 Å². The lowest BCUT2D eigenvalue weighted by Crippen LogP contribution is -2.34. The summed E-state index contributed by atoms with van der Waals surface area (Å²) in [5, 5.41) is 23.4. The minimum Gasteiger partial charge on any atom is -0.476 e. The van der Waals surface area contributed by atoms with Crippen LogP contribution in [0.5, 0.6) is 0 Å². The molecule has 0 aromatic rings. The van der Waals surface area contributed by atoms with Gasteiger partial charge in [0.1, 0.15) is 12.7 Å². The van der Waals surface area contributed by atoms with Crippen LogP contribution >= 0.6 is 0 Å². The van der Waals surface area contributed by atoms with Gasteiger partial charge in [-0.25, -0.2) is 0 Å². The molecule has 0 saturated carbocycles. The van der Waals surface area contributed by atoms with E-state index < -0.39 is 6.10 Å². The number of nitrogens with one attached hydrogen (secondary N) is 1. The standard InChI is InChI=1S/C8H18N2O3/c1-6(2)9-4-8(11)5-13-7(3)10-12/h6,8-9,11-12H,4-5H2,1-3H3. The summed E-state index contributed by atoms with van der Waals surface area (Å²) in [5.74, 6) is 0.156. The van der Waals surface area contributed by atoms with E-state index in [1.165, 1.54) is 6.92 Å². The summed E-state index contributed by atoms with van der Waals surface area (Å²) in [6.07, 6.45) is -0.584. The number of aliphatic hydroxyl groups is 1. The molecule has 0 radical (unpaired) electrons. The number of aliphatic hydroxyl groups excluding tert-OH is 1. The van der Waals surface area contributed by atoms with Crippen LogP contribution in [0.1, 0.15) is 20.8 Å². The second-order valence-electron chi connectivity index (χ2n) is 3.15. The summed E-state index contributed by atoms with van der Waals surface area (Å²) in [4.78, 5) is 0. The predicted molar refractivity (Wildman–Crippen MR) is 50.0 cm³/mol. The van der Waals surface area contributed by atoms with E-state index in [1.807, 2.05) is 13.8 Å². The summed E-state index contributed by atoms with van der Waals surface area (Å²) < 4.78 is 4.90. The summed E-state index contributed by atoms with van der Waals surface area (Å²) in [7, 11) is 0. The van der Waals surface area contributed by atoms with Gasteiger partial charge in [0.2, 0.25) is 5.90 Å². The molecule has 1 atom stereocenters. The van der Waals surface area contributed by atoms with Crippen LogP contribution in [0.4, 0.5) is 0 Å². The van der Waals surface area contributed by atoms with E-state index in [-0.39, 0.29) is 12.5 Å². The highest BCUT2D eigenvalue weighted by atomic mass is 16.5. The Bertz CT molecular complexity index is 159. The fourth-order valence-corrected chi connectivity index (χ4v) is 0.676. The molecule has 0 aliphatic heterocycles. The van der Waals surface area contributed by atoms with Crippen molar-refractivity contribution in [3.05, 3.63) is 0 Å². The van der Waals surface area contributed by atoms with E-state index in [0.717, 1.165) is 0 Å². The largest absolute Gasteiger partial charge is 0.476 e. The molecule has 13 heavy (non-hydrogen) atoms. The molecule has 0 bridgehead atoms. The van der Waals surface area contributed by atoms with Crippen molar-refractivity contribution < 1.29 is 15.1 Å². The normalized spacial score (nSPS) is 14.7. The molecule has 0 rings (SSSR count). The summed E-state index contributed by atoms with van der Waals surface area (Å²) in [6.45, 7) is 6.11. The molecule has 3 N–H and O–H groups in total. The maximum absolute atomic E-state index is 9.32. The molecule has 0 aliphatic carbocycles. The minimum absolute atomic E-state index is 0.135. The molecule has 0 aromatic heterocycles. The number of ether oxygens (including phenoxy) is 1. The van der Waals surface area contributed by atoms with E-state index in [4.69, 9.17) is 9.94 Å². The molecule has 0 amide bonds. The number of oxime groups is 1. The Labute approximate surface area is 78.4 Å². The molecule has 0 aliphatic rings. The van der Waals surface area contributed by atoms with E-state index in [0.29, 0.717) is 12.6 Å². The Balaban J connectivity index is 3.46. The molecule has 5 nitrogen and oxygen atoms in total. The first-order valence-electron chi connectivity index (χ1n) is 4.29. The third-order valence-electron chi connectivity index (χ3n) is 1.39. The van der Waals surface area contributed by atoms with Gasteiger partial charge in [0.15, 0.2) is 0 Å². The van der Waals surface area contributed by atoms with Crippen molar-refractivity contribution in [2.24, 2.45) is 5.16 Å². The van der Waals surface area contributed by atoms with Crippen LogP contribution < -0.4 is 5.32 Å². The van der Waals surface area contributed by atoms with Gasteiger partial charge in [-0.3, -0.25) is 0 Å². The van der Waals surface area contributed by atoms with Crippen molar-refractivity contribution in [1.29, 1.82) is 0 Å². The van der Waals surface area contributed by atoms with Crippen molar-refractivity contribution >= 4 is 5.90 Å². The lowest BCUT2D eigenvalue weighted by molar-refractivity contribution is 0.0951. The fourth-order valence-electron chi connectivity index (χ4n) is 0.676. The Morgan fingerprint density at radius 3 is 2.62 bits per heavy atom. The number of hydrogen-bond donors (Lipinski definition) is 3. The van der Waals surface area contributed by atoms with Gasteiger partial charge in [0.25, 0.3) is 0 Å². The van der Waals surface area contributed by atoms with Gasteiger partial charge < -0.3 is 20.4 Å². The highest BCUT2D eigenvalue weighted by Gasteiger charge is 2.05. The highest BCUT2D eigenvalue weighted by molar-refractivity contribution is 5.72. The molecule has 1 unspecified atom stereocenters. The second kappa shape index (κ2) is 6.68. The van der Waals surface area contributed by atoms with Gasteiger partial charge in [-0.05, 0) is 0 Å². The number of rotatable bonds is 5. The zero-order valence-corrected chi connectivity index (χ0v) is 8.32. The molecule has 5 heteroatoms. The average molecular weight is 190 g/mol. The number of hydrogen-bond acceptors (Lipinski definition) is 5. The van der Waals surface area contributed by atoms with Gasteiger partial charge >= 0.3 is 0 Å². The number of nitrogens with zero attached hydrogens (tertiary/aromatic N) is 1. The van der Waals surface area contributed by atoms with E-state index in [2.05, 4.69) is 10.5 Å². The van der Waals surface area contributed by atoms with Gasteiger partial charge in [-0.1, -0.05) is 19.0 Å². The topological polar surface area (TPSA) is 74.1 Å². The van der Waals surface area contributed by atoms with Crippen LogP contribution in [0.25, 0.3) is 0 Å². The van der Waals surface area contributed by atoms with Crippen LogP contribution in [0.15, 0.2) is 5.16 Å². The molecule has 0 fully saturated rings. The fraction of sp³-hybridized carbons (Fsp3) is 0.875. The second-order valence-corrected chi connectivity index (χ2v) is 3.15. The maximum Gasteiger partial charge on any atom is 0.222 e. The molecule has 78 valence electrons. The minimum atomic E-state index is -0.584. The first-order chi connectivity index (χ1) is 6.06. The third kappa shape index (κ3) is 7.55. The van der Waals surface area contributed by atoms with Crippen LogP contribution in [0.3, 0.4) is 0 Å². The SMILES string of the molecule is CC(=NO)OCC(O)CNC(C)C. The van der Waals surface area contributed by atoms with E-state index in [1.54, 1.807) is 0 Å². The van der Waals surface area contributed by atoms with E-state index in [9.17, 15) is 5.11 Å². The predicted octanol–water partition coefficient (Wildman–Crippen LogP) is 0.169. The zero-order chi connectivity index (χ0) is 10.3. The third-order valence-corrected chi connectivity index (χ3v) is 1.39. The Morgan fingerprint density at radius 2 is 2.15 bits per heavy atom. The maximum atomic E-state index is 9.32. The molecule has 0 saturated heterocycles. The molecule has 0 heterocycles. The highest BCUT2D eigenvalue weighted by Crippen LogP contribution is 1.87. The van der Waals surface area contributed by atoms with Gasteiger partial charge in [-0.2, -0.15) is 0 Å². The van der Waals surface area contributed by atoms with Gasteiger partial charge in [-0.15, -0.1) is 0 Å². The van der Waals surface area contributed by atoms with Crippen molar-refractivity contribution in [3.63, 3.8) is 0 Å². The van der Waals surface area contributed by atoms with Crippen LogP contribution in [0, 0.1) is 0 Å². The Hall–Kier alpha value is -0.810. The van der Waals surface area contributed by atoms with Crippen molar-refractivity contribution in [2.75, 3.05) is 13.2 Å². The van der Waals surface area contributed by atoms with E-state index >= 15 is 0 Å². The smallest absolute Gasteiger partial charge is 0.222 e. The van der Waals surface area contributed by atoms with Gasteiger partial charge in [0.05, 0.1) is 0 Å². The van der Waals surface area contributed by atoms with Crippen molar-refractivity contribution in [1.82, 2.24) is 5.32 Å². The summed E-state index contributed by atoms with van der Waals surface area (Å²) in [5.41, 5.74) is 0. The average Bonchev–Trinajstić information content (AvgIpc) is 2.10. The molecule has 0 aromatic carbocycles. The lowest BCUT2D eigenvalue weighted by atomic mass is 10.3. The lowest BCUT2D eigenvalue weighted by Gasteiger charge is -2.14. The van der Waals surface area contributed by atoms with Crippen molar-refractivity contribution in [3.8, 4) is 0 Å². The Kier molecular flexibility index (Phi) is 6.26.